The highest BCUT2D eigenvalue weighted by molar-refractivity contribution is 5.99. The maximum Gasteiger partial charge on any atom is 0.271 e. The van der Waals surface area contributed by atoms with Gasteiger partial charge in [-0.1, -0.05) is 6.08 Å². The van der Waals surface area contributed by atoms with Crippen molar-refractivity contribution in [3.05, 3.63) is 76.1 Å². The summed E-state index contributed by atoms with van der Waals surface area (Å²) in [5.41, 5.74) is 4.33. The van der Waals surface area contributed by atoms with Gasteiger partial charge in [0.25, 0.3) is 11.6 Å². The lowest BCUT2D eigenvalue weighted by atomic mass is 10.2. The van der Waals surface area contributed by atoms with Crippen molar-refractivity contribution < 1.29 is 9.72 Å². The third kappa shape index (κ3) is 4.85. The van der Waals surface area contributed by atoms with Crippen LogP contribution in [0.15, 0.2) is 60.0 Å². The Kier molecular flexibility index (Phi) is 5.30. The van der Waals surface area contributed by atoms with E-state index in [1.165, 1.54) is 24.5 Å². The van der Waals surface area contributed by atoms with Crippen LogP contribution in [-0.4, -0.2) is 21.5 Å². The Morgan fingerprint density at radius 2 is 1.87 bits per heavy atom. The number of non-ortho nitro benzene ring substituents is 1. The van der Waals surface area contributed by atoms with Crippen LogP contribution < -0.4 is 5.43 Å². The number of allylic oxidation sites excluding steroid dienone is 1. The van der Waals surface area contributed by atoms with E-state index in [4.69, 9.17) is 0 Å². The minimum Gasteiger partial charge on any atom is -0.267 e. The van der Waals surface area contributed by atoms with Gasteiger partial charge in [-0.3, -0.25) is 19.9 Å². The Labute approximate surface area is 132 Å². The molecule has 0 radical (unpaired) electrons. The zero-order valence-electron chi connectivity index (χ0n) is 12.3. The van der Waals surface area contributed by atoms with Crippen LogP contribution in [0.25, 0.3) is 6.08 Å². The van der Waals surface area contributed by atoms with Crippen LogP contribution in [0, 0.1) is 10.1 Å². The number of rotatable bonds is 5. The molecule has 0 fully saturated rings. The summed E-state index contributed by atoms with van der Waals surface area (Å²) in [5, 5.41) is 14.5. The van der Waals surface area contributed by atoms with Gasteiger partial charge in [-0.2, -0.15) is 5.10 Å². The summed E-state index contributed by atoms with van der Waals surface area (Å²) < 4.78 is 0. The van der Waals surface area contributed by atoms with E-state index < -0.39 is 4.92 Å². The third-order valence-electron chi connectivity index (χ3n) is 2.90. The number of nitrogens with one attached hydrogen (secondary N) is 1. The van der Waals surface area contributed by atoms with Crippen molar-refractivity contribution in [1.29, 1.82) is 0 Å². The molecule has 0 saturated carbocycles. The molecule has 1 heterocycles. The third-order valence-corrected chi connectivity index (χ3v) is 2.90. The summed E-state index contributed by atoms with van der Waals surface area (Å²) in [6.07, 6.45) is 6.51. The molecule has 1 aromatic carbocycles. The highest BCUT2D eigenvalue weighted by Crippen LogP contribution is 2.12. The molecule has 1 aromatic heterocycles. The quantitative estimate of drug-likeness (QED) is 0.521. The summed E-state index contributed by atoms with van der Waals surface area (Å²) >= 11 is 0. The maximum absolute atomic E-state index is 11.8. The standard InChI is InChI=1S/C16H14N4O3/c1-12(18-19-16(21)14-8-10-17-11-9-14)2-3-13-4-6-15(7-5-13)20(22)23/h2-11H,1H3,(H,19,21)/b3-2?,18-12+. The second-order valence-electron chi connectivity index (χ2n) is 4.61. The van der Waals surface area contributed by atoms with E-state index in [2.05, 4.69) is 15.5 Å². The monoisotopic (exact) mass is 310 g/mol. The highest BCUT2D eigenvalue weighted by Gasteiger charge is 2.03. The van der Waals surface area contributed by atoms with Gasteiger partial charge in [0.2, 0.25) is 0 Å². The molecule has 0 saturated heterocycles. The predicted molar refractivity (Wildman–Crippen MR) is 86.9 cm³/mol. The van der Waals surface area contributed by atoms with Gasteiger partial charge < -0.3 is 0 Å². The van der Waals surface area contributed by atoms with Crippen molar-refractivity contribution in [2.75, 3.05) is 0 Å². The largest absolute Gasteiger partial charge is 0.271 e. The summed E-state index contributed by atoms with van der Waals surface area (Å²) in [7, 11) is 0. The number of carbonyl (C=O) groups is 1. The average molecular weight is 310 g/mol. The topological polar surface area (TPSA) is 97.5 Å². The normalized spacial score (nSPS) is 11.4. The number of nitro groups is 1. The molecule has 2 aromatic rings. The lowest BCUT2D eigenvalue weighted by molar-refractivity contribution is -0.384. The Balaban J connectivity index is 1.96. The van der Waals surface area contributed by atoms with Gasteiger partial charge in [0.05, 0.1) is 10.6 Å². The van der Waals surface area contributed by atoms with E-state index in [0.717, 1.165) is 5.56 Å². The molecule has 0 bridgehead atoms. The van der Waals surface area contributed by atoms with E-state index in [1.807, 2.05) is 0 Å². The minimum atomic E-state index is -0.450. The second kappa shape index (κ2) is 7.60. The van der Waals surface area contributed by atoms with Crippen LogP contribution in [0.1, 0.15) is 22.8 Å². The first kappa shape index (κ1) is 16.0. The molecule has 0 atom stereocenters. The lowest BCUT2D eigenvalue weighted by Gasteiger charge is -1.99. The first-order chi connectivity index (χ1) is 11.1. The number of hydrogen-bond donors (Lipinski definition) is 1. The van der Waals surface area contributed by atoms with Crippen molar-refractivity contribution in [1.82, 2.24) is 10.4 Å². The van der Waals surface area contributed by atoms with Gasteiger partial charge in [0.1, 0.15) is 0 Å². The van der Waals surface area contributed by atoms with E-state index in [1.54, 1.807) is 43.3 Å². The van der Waals surface area contributed by atoms with Gasteiger partial charge >= 0.3 is 0 Å². The SMILES string of the molecule is C/C(C=Cc1ccc([N+](=O)[O-])cc1)=N\NC(=O)c1ccncc1. The predicted octanol–water partition coefficient (Wildman–Crippen LogP) is 2.81. The van der Waals surface area contributed by atoms with Crippen LogP contribution in [-0.2, 0) is 0 Å². The number of nitrogens with zero attached hydrogens (tertiary/aromatic N) is 3. The molecule has 116 valence electrons. The number of pyridine rings is 1. The van der Waals surface area contributed by atoms with Gasteiger partial charge in [0, 0.05) is 30.1 Å². The van der Waals surface area contributed by atoms with Gasteiger partial charge in [-0.25, -0.2) is 5.43 Å². The Morgan fingerprint density at radius 3 is 2.48 bits per heavy atom. The molecule has 1 N–H and O–H groups in total. The van der Waals surface area contributed by atoms with E-state index in [0.29, 0.717) is 11.3 Å². The number of hydrazone groups is 1. The van der Waals surface area contributed by atoms with Crippen molar-refractivity contribution in [3.8, 4) is 0 Å². The van der Waals surface area contributed by atoms with E-state index in [9.17, 15) is 14.9 Å². The van der Waals surface area contributed by atoms with Crippen molar-refractivity contribution in [2.45, 2.75) is 6.92 Å². The Morgan fingerprint density at radius 1 is 1.22 bits per heavy atom. The Hall–Kier alpha value is -3.35. The number of amides is 1. The fraction of sp³-hybridized carbons (Fsp3) is 0.0625. The summed E-state index contributed by atoms with van der Waals surface area (Å²) in [6.45, 7) is 1.73. The number of carbonyl (C=O) groups excluding carboxylic acids is 1. The maximum atomic E-state index is 11.8. The van der Waals surface area contributed by atoms with Crippen LogP contribution in [0.4, 0.5) is 5.69 Å². The average Bonchev–Trinajstić information content (AvgIpc) is 2.59. The smallest absolute Gasteiger partial charge is 0.267 e. The highest BCUT2D eigenvalue weighted by atomic mass is 16.6. The first-order valence-corrected chi connectivity index (χ1v) is 6.73. The van der Waals surface area contributed by atoms with Crippen LogP contribution in [0.3, 0.4) is 0 Å². The fourth-order valence-corrected chi connectivity index (χ4v) is 1.67. The molecule has 1 amide bonds. The Bertz CT molecular complexity index is 753. The van der Waals surface area contributed by atoms with Crippen LogP contribution in [0.2, 0.25) is 0 Å². The summed E-state index contributed by atoms with van der Waals surface area (Å²) in [6, 6.07) is 9.31. The molecule has 0 unspecified atom stereocenters. The van der Waals surface area contributed by atoms with E-state index >= 15 is 0 Å². The van der Waals surface area contributed by atoms with Crippen LogP contribution in [0.5, 0.6) is 0 Å². The van der Waals surface area contributed by atoms with Crippen LogP contribution >= 0.6 is 0 Å². The molecule has 0 aliphatic rings. The van der Waals surface area contributed by atoms with Gasteiger partial charge in [-0.05, 0) is 42.8 Å². The number of aromatic nitrogens is 1. The lowest BCUT2D eigenvalue weighted by Crippen LogP contribution is -2.18. The van der Waals surface area contributed by atoms with Crippen molar-refractivity contribution in [2.24, 2.45) is 5.10 Å². The molecule has 2 rings (SSSR count). The first-order valence-electron chi connectivity index (χ1n) is 6.73. The van der Waals surface area contributed by atoms with Gasteiger partial charge in [0.15, 0.2) is 0 Å². The molecule has 7 nitrogen and oxygen atoms in total. The number of nitro benzene ring substituents is 1. The summed E-state index contributed by atoms with van der Waals surface area (Å²) in [5.74, 6) is -0.324. The van der Waals surface area contributed by atoms with Crippen molar-refractivity contribution >= 4 is 23.4 Å². The van der Waals surface area contributed by atoms with Gasteiger partial charge in [-0.15, -0.1) is 0 Å². The second-order valence-corrected chi connectivity index (χ2v) is 4.61. The zero-order valence-corrected chi connectivity index (χ0v) is 12.3. The fourth-order valence-electron chi connectivity index (χ4n) is 1.67. The zero-order chi connectivity index (χ0) is 16.7. The number of hydrogen-bond acceptors (Lipinski definition) is 5. The molecule has 23 heavy (non-hydrogen) atoms. The molecular weight excluding hydrogens is 296 g/mol. The van der Waals surface area contributed by atoms with E-state index in [-0.39, 0.29) is 11.6 Å². The molecule has 7 heteroatoms. The number of benzene rings is 1. The molecule has 0 aliphatic heterocycles. The molecular formula is C16H14N4O3. The summed E-state index contributed by atoms with van der Waals surface area (Å²) in [4.78, 5) is 25.7. The minimum absolute atomic E-state index is 0.0390. The molecule has 0 aliphatic carbocycles. The van der Waals surface area contributed by atoms with Crippen molar-refractivity contribution in [3.63, 3.8) is 0 Å². The molecule has 0 spiro atoms.